The van der Waals surface area contributed by atoms with Crippen molar-refractivity contribution in [3.05, 3.63) is 24.2 Å². The summed E-state index contributed by atoms with van der Waals surface area (Å²) in [5.74, 6) is -0.512. The van der Waals surface area contributed by atoms with Gasteiger partial charge in [0.05, 0.1) is 23.4 Å². The van der Waals surface area contributed by atoms with Gasteiger partial charge in [0.15, 0.2) is 5.69 Å². The molecule has 0 unspecified atom stereocenters. The van der Waals surface area contributed by atoms with Crippen LogP contribution in [0.2, 0.25) is 0 Å². The number of pyridine rings is 1. The van der Waals surface area contributed by atoms with Crippen molar-refractivity contribution in [3.63, 3.8) is 0 Å². The molecule has 0 aliphatic carbocycles. The zero-order valence-electron chi connectivity index (χ0n) is 10.1. The summed E-state index contributed by atoms with van der Waals surface area (Å²) in [5.41, 5.74) is 7.33. The van der Waals surface area contributed by atoms with E-state index >= 15 is 0 Å². The molecule has 1 aliphatic heterocycles. The second-order valence-corrected chi connectivity index (χ2v) is 4.55. The molecule has 6 nitrogen and oxygen atoms in total. The maximum absolute atomic E-state index is 11.3. The van der Waals surface area contributed by atoms with E-state index in [1.807, 2.05) is 13.1 Å². The van der Waals surface area contributed by atoms with Crippen LogP contribution in [0, 0.1) is 0 Å². The predicted octanol–water partition coefficient (Wildman–Crippen LogP) is 0.0698. The molecule has 6 heteroatoms. The summed E-state index contributed by atoms with van der Waals surface area (Å²) in [5, 5.41) is 4.22. The van der Waals surface area contributed by atoms with Gasteiger partial charge in [0.25, 0.3) is 5.91 Å². The van der Waals surface area contributed by atoms with E-state index in [1.165, 1.54) is 0 Å². The van der Waals surface area contributed by atoms with Crippen LogP contribution >= 0.6 is 0 Å². The number of carbonyl (C=O) groups excluding carboxylic acids is 1. The molecule has 1 aliphatic rings. The van der Waals surface area contributed by atoms with Crippen LogP contribution in [0.1, 0.15) is 10.5 Å². The first-order chi connectivity index (χ1) is 8.68. The number of aromatic nitrogens is 2. The van der Waals surface area contributed by atoms with Gasteiger partial charge < -0.3 is 20.9 Å². The van der Waals surface area contributed by atoms with Gasteiger partial charge in [-0.1, -0.05) is 0 Å². The quantitative estimate of drug-likeness (QED) is 0.714. The fourth-order valence-electron chi connectivity index (χ4n) is 2.25. The van der Waals surface area contributed by atoms with Gasteiger partial charge in [-0.3, -0.25) is 4.79 Å². The van der Waals surface area contributed by atoms with Crippen molar-refractivity contribution in [1.82, 2.24) is 15.3 Å². The molecule has 2 aromatic heterocycles. The Morgan fingerprint density at radius 2 is 2.33 bits per heavy atom. The van der Waals surface area contributed by atoms with Gasteiger partial charge in [-0.15, -0.1) is 0 Å². The molecule has 1 fully saturated rings. The summed E-state index contributed by atoms with van der Waals surface area (Å²) in [4.78, 5) is 20.7. The number of likely N-dealkylation sites (N-methyl/N-ethyl adjacent to an activating group) is 1. The van der Waals surface area contributed by atoms with Crippen molar-refractivity contribution in [2.75, 3.05) is 25.0 Å². The van der Waals surface area contributed by atoms with Crippen molar-refractivity contribution >= 4 is 22.5 Å². The van der Waals surface area contributed by atoms with E-state index in [2.05, 4.69) is 20.2 Å². The van der Waals surface area contributed by atoms with Gasteiger partial charge in [0.1, 0.15) is 0 Å². The molecule has 0 aromatic carbocycles. The fraction of sp³-hybridized carbons (Fsp3) is 0.333. The van der Waals surface area contributed by atoms with Gasteiger partial charge in [-0.05, 0) is 6.07 Å². The SMILES string of the molecule is CN(c1cnc(C(N)=O)c2[nH]ccc12)C1CNC1. The van der Waals surface area contributed by atoms with Gasteiger partial charge in [-0.25, -0.2) is 4.98 Å². The van der Waals surface area contributed by atoms with Crippen LogP contribution in [0.25, 0.3) is 10.9 Å². The molecule has 3 heterocycles. The van der Waals surface area contributed by atoms with Crippen molar-refractivity contribution in [2.45, 2.75) is 6.04 Å². The average Bonchev–Trinajstić information content (AvgIpc) is 2.73. The maximum Gasteiger partial charge on any atom is 0.269 e. The number of primary amides is 1. The summed E-state index contributed by atoms with van der Waals surface area (Å²) < 4.78 is 0. The monoisotopic (exact) mass is 245 g/mol. The summed E-state index contributed by atoms with van der Waals surface area (Å²) in [6.07, 6.45) is 3.52. The van der Waals surface area contributed by atoms with E-state index in [1.54, 1.807) is 12.4 Å². The third kappa shape index (κ3) is 1.53. The highest BCUT2D eigenvalue weighted by atomic mass is 16.1. The number of carbonyl (C=O) groups is 1. The number of amides is 1. The third-order valence-corrected chi connectivity index (χ3v) is 3.50. The predicted molar refractivity (Wildman–Crippen MR) is 69.7 cm³/mol. The highest BCUT2D eigenvalue weighted by Crippen LogP contribution is 2.28. The lowest BCUT2D eigenvalue weighted by atomic mass is 10.1. The normalized spacial score (nSPS) is 15.6. The van der Waals surface area contributed by atoms with Crippen LogP contribution in [0.5, 0.6) is 0 Å². The molecule has 18 heavy (non-hydrogen) atoms. The van der Waals surface area contributed by atoms with E-state index in [9.17, 15) is 4.79 Å². The van der Waals surface area contributed by atoms with Crippen LogP contribution in [0.4, 0.5) is 5.69 Å². The number of hydrogen-bond donors (Lipinski definition) is 3. The lowest BCUT2D eigenvalue weighted by Crippen LogP contribution is -2.56. The van der Waals surface area contributed by atoms with Gasteiger partial charge >= 0.3 is 0 Å². The molecule has 4 N–H and O–H groups in total. The molecule has 0 spiro atoms. The Bertz CT molecular complexity index is 602. The molecule has 2 aromatic rings. The van der Waals surface area contributed by atoms with Crippen LogP contribution < -0.4 is 16.0 Å². The number of nitrogens with zero attached hydrogens (tertiary/aromatic N) is 2. The number of rotatable bonds is 3. The van der Waals surface area contributed by atoms with Crippen molar-refractivity contribution < 1.29 is 4.79 Å². The smallest absolute Gasteiger partial charge is 0.269 e. The second kappa shape index (κ2) is 3.99. The topological polar surface area (TPSA) is 87.0 Å². The summed E-state index contributed by atoms with van der Waals surface area (Å²) in [6.45, 7) is 1.94. The lowest BCUT2D eigenvalue weighted by molar-refractivity contribution is 0.0997. The maximum atomic E-state index is 11.3. The standard InChI is InChI=1S/C12H15N5O/c1-17(7-4-14-5-7)9-6-16-11(12(13)18)10-8(9)2-3-15-10/h2-3,6-7,14-15H,4-5H2,1H3,(H2,13,18). The number of nitrogens with one attached hydrogen (secondary N) is 2. The van der Waals surface area contributed by atoms with E-state index in [0.29, 0.717) is 17.3 Å². The van der Waals surface area contributed by atoms with Gasteiger partial charge in [-0.2, -0.15) is 0 Å². The highest BCUT2D eigenvalue weighted by molar-refractivity contribution is 6.06. The first-order valence-corrected chi connectivity index (χ1v) is 5.88. The van der Waals surface area contributed by atoms with Crippen molar-refractivity contribution in [3.8, 4) is 0 Å². The van der Waals surface area contributed by atoms with Gasteiger partial charge in [0, 0.05) is 31.7 Å². The Morgan fingerprint density at radius 3 is 2.94 bits per heavy atom. The number of anilines is 1. The Balaban J connectivity index is 2.10. The van der Waals surface area contributed by atoms with Crippen molar-refractivity contribution in [2.24, 2.45) is 5.73 Å². The second-order valence-electron chi connectivity index (χ2n) is 4.55. The van der Waals surface area contributed by atoms with E-state index in [4.69, 9.17) is 5.73 Å². The Labute approximate surface area is 104 Å². The Morgan fingerprint density at radius 1 is 1.56 bits per heavy atom. The Hall–Kier alpha value is -2.08. The molecule has 94 valence electrons. The third-order valence-electron chi connectivity index (χ3n) is 3.50. The summed E-state index contributed by atoms with van der Waals surface area (Å²) >= 11 is 0. The largest absolute Gasteiger partial charge is 0.367 e. The number of H-pyrrole nitrogens is 1. The van der Waals surface area contributed by atoms with Crippen LogP contribution in [0.15, 0.2) is 18.5 Å². The van der Waals surface area contributed by atoms with Crippen LogP contribution in [-0.4, -0.2) is 42.1 Å². The van der Waals surface area contributed by atoms with Crippen molar-refractivity contribution in [1.29, 1.82) is 0 Å². The van der Waals surface area contributed by atoms with Crippen LogP contribution in [-0.2, 0) is 0 Å². The minimum atomic E-state index is -0.512. The van der Waals surface area contributed by atoms with Crippen LogP contribution in [0.3, 0.4) is 0 Å². The zero-order valence-corrected chi connectivity index (χ0v) is 10.1. The molecule has 0 bridgehead atoms. The molecule has 3 rings (SSSR count). The Kier molecular flexibility index (Phi) is 2.45. The first-order valence-electron chi connectivity index (χ1n) is 5.88. The molecular weight excluding hydrogens is 230 g/mol. The molecule has 0 saturated carbocycles. The molecule has 1 amide bonds. The van der Waals surface area contributed by atoms with Gasteiger partial charge in [0.2, 0.25) is 0 Å². The number of hydrogen-bond acceptors (Lipinski definition) is 4. The summed E-state index contributed by atoms with van der Waals surface area (Å²) in [6, 6.07) is 2.42. The molecule has 0 radical (unpaired) electrons. The minimum Gasteiger partial charge on any atom is -0.367 e. The zero-order chi connectivity index (χ0) is 12.7. The van der Waals surface area contributed by atoms with E-state index < -0.39 is 5.91 Å². The van der Waals surface area contributed by atoms with E-state index in [0.717, 1.165) is 24.2 Å². The number of fused-ring (bicyclic) bond motifs is 1. The molecular formula is C12H15N5O. The number of aromatic amines is 1. The molecule has 0 atom stereocenters. The van der Waals surface area contributed by atoms with E-state index in [-0.39, 0.29) is 0 Å². The lowest BCUT2D eigenvalue weighted by Gasteiger charge is -2.37. The number of nitrogens with two attached hydrogens (primary N) is 1. The average molecular weight is 245 g/mol. The first kappa shape index (κ1) is 11.0. The molecule has 1 saturated heterocycles. The fourth-order valence-corrected chi connectivity index (χ4v) is 2.25. The highest BCUT2D eigenvalue weighted by Gasteiger charge is 2.24. The minimum absolute atomic E-state index is 0.291. The summed E-state index contributed by atoms with van der Waals surface area (Å²) in [7, 11) is 2.04.